The molecule has 0 aromatic heterocycles. The van der Waals surface area contributed by atoms with Crippen LogP contribution < -0.4 is 5.32 Å². The zero-order valence-electron chi connectivity index (χ0n) is 10.6. The standard InChI is InChI=1S/C15H13ClINO/c1-9-6-11(8-12(16)7-9)15(19)18-14-5-3-4-13(17)10(14)2/h3-8H,1-2H3,(H,18,19). The lowest BCUT2D eigenvalue weighted by molar-refractivity contribution is 0.102. The molecule has 0 aliphatic rings. The van der Waals surface area contributed by atoms with Gasteiger partial charge in [-0.3, -0.25) is 4.79 Å². The van der Waals surface area contributed by atoms with E-state index >= 15 is 0 Å². The van der Waals surface area contributed by atoms with Crippen LogP contribution in [0, 0.1) is 17.4 Å². The van der Waals surface area contributed by atoms with Gasteiger partial charge in [0, 0.05) is 19.8 Å². The summed E-state index contributed by atoms with van der Waals surface area (Å²) in [6, 6.07) is 11.2. The lowest BCUT2D eigenvalue weighted by Crippen LogP contribution is -2.13. The van der Waals surface area contributed by atoms with E-state index in [0.717, 1.165) is 20.4 Å². The minimum atomic E-state index is -0.143. The fraction of sp³-hybridized carbons (Fsp3) is 0.133. The molecular formula is C15H13ClINO. The summed E-state index contributed by atoms with van der Waals surface area (Å²) in [6.07, 6.45) is 0. The minimum Gasteiger partial charge on any atom is -0.322 e. The highest BCUT2D eigenvalue weighted by atomic mass is 127. The third-order valence-electron chi connectivity index (χ3n) is 2.82. The van der Waals surface area contributed by atoms with Gasteiger partial charge in [-0.2, -0.15) is 0 Å². The van der Waals surface area contributed by atoms with Crippen LogP contribution in [0.2, 0.25) is 5.02 Å². The monoisotopic (exact) mass is 385 g/mol. The summed E-state index contributed by atoms with van der Waals surface area (Å²) in [7, 11) is 0. The van der Waals surface area contributed by atoms with Gasteiger partial charge in [0.15, 0.2) is 0 Å². The number of hydrogen-bond donors (Lipinski definition) is 1. The van der Waals surface area contributed by atoms with E-state index in [4.69, 9.17) is 11.6 Å². The number of carbonyl (C=O) groups is 1. The summed E-state index contributed by atoms with van der Waals surface area (Å²) < 4.78 is 1.12. The summed E-state index contributed by atoms with van der Waals surface area (Å²) in [5.41, 5.74) is 3.44. The molecule has 2 rings (SSSR count). The van der Waals surface area contributed by atoms with Crippen LogP contribution in [0.1, 0.15) is 21.5 Å². The Hall–Kier alpha value is -1.07. The summed E-state index contributed by atoms with van der Waals surface area (Å²) in [5, 5.41) is 3.49. The van der Waals surface area contributed by atoms with E-state index in [1.54, 1.807) is 6.07 Å². The van der Waals surface area contributed by atoms with Crippen LogP contribution in [0.5, 0.6) is 0 Å². The van der Waals surface area contributed by atoms with Crippen molar-refractivity contribution < 1.29 is 4.79 Å². The van der Waals surface area contributed by atoms with Crippen molar-refractivity contribution in [3.63, 3.8) is 0 Å². The van der Waals surface area contributed by atoms with Gasteiger partial charge >= 0.3 is 0 Å². The number of amides is 1. The van der Waals surface area contributed by atoms with E-state index in [9.17, 15) is 4.79 Å². The Morgan fingerprint density at radius 3 is 2.63 bits per heavy atom. The Morgan fingerprint density at radius 1 is 1.21 bits per heavy atom. The predicted octanol–water partition coefficient (Wildman–Crippen LogP) is 4.81. The van der Waals surface area contributed by atoms with Crippen LogP contribution in [-0.2, 0) is 0 Å². The van der Waals surface area contributed by atoms with E-state index in [1.165, 1.54) is 0 Å². The Morgan fingerprint density at radius 2 is 1.95 bits per heavy atom. The normalized spacial score (nSPS) is 10.3. The topological polar surface area (TPSA) is 29.1 Å². The second kappa shape index (κ2) is 5.92. The molecule has 0 aliphatic heterocycles. The first-order valence-electron chi connectivity index (χ1n) is 5.81. The number of aryl methyl sites for hydroxylation is 1. The minimum absolute atomic E-state index is 0.143. The average molecular weight is 386 g/mol. The molecule has 0 saturated heterocycles. The molecule has 2 aromatic carbocycles. The Bertz CT molecular complexity index is 620. The maximum absolute atomic E-state index is 12.2. The van der Waals surface area contributed by atoms with Crippen LogP contribution in [0.15, 0.2) is 36.4 Å². The predicted molar refractivity (Wildman–Crippen MR) is 88.0 cm³/mol. The molecular weight excluding hydrogens is 373 g/mol. The van der Waals surface area contributed by atoms with Gasteiger partial charge in [0.1, 0.15) is 0 Å². The number of hydrogen-bond acceptors (Lipinski definition) is 1. The van der Waals surface area contributed by atoms with Crippen molar-refractivity contribution in [3.8, 4) is 0 Å². The smallest absolute Gasteiger partial charge is 0.255 e. The fourth-order valence-corrected chi connectivity index (χ4v) is 2.59. The second-order valence-corrected chi connectivity index (χ2v) is 5.98. The molecule has 0 fully saturated rings. The first-order valence-corrected chi connectivity index (χ1v) is 7.26. The van der Waals surface area contributed by atoms with Gasteiger partial charge in [-0.15, -0.1) is 0 Å². The molecule has 0 atom stereocenters. The zero-order valence-corrected chi connectivity index (χ0v) is 13.5. The third-order valence-corrected chi connectivity index (χ3v) is 4.21. The number of carbonyl (C=O) groups excluding carboxylic acids is 1. The molecule has 98 valence electrons. The fourth-order valence-electron chi connectivity index (χ4n) is 1.80. The largest absolute Gasteiger partial charge is 0.322 e. The average Bonchev–Trinajstić information content (AvgIpc) is 2.33. The highest BCUT2D eigenvalue weighted by Gasteiger charge is 2.10. The van der Waals surface area contributed by atoms with Crippen LogP contribution in [-0.4, -0.2) is 5.91 Å². The molecule has 4 heteroatoms. The summed E-state index contributed by atoms with van der Waals surface area (Å²) >= 11 is 8.22. The quantitative estimate of drug-likeness (QED) is 0.738. The summed E-state index contributed by atoms with van der Waals surface area (Å²) in [5.74, 6) is -0.143. The van der Waals surface area contributed by atoms with Gasteiger partial charge in [0.2, 0.25) is 0 Å². The third kappa shape index (κ3) is 3.48. The van der Waals surface area contributed by atoms with Gasteiger partial charge in [0.25, 0.3) is 5.91 Å². The summed E-state index contributed by atoms with van der Waals surface area (Å²) in [4.78, 5) is 12.2. The lowest BCUT2D eigenvalue weighted by Gasteiger charge is -2.10. The van der Waals surface area contributed by atoms with Crippen molar-refractivity contribution in [2.24, 2.45) is 0 Å². The zero-order chi connectivity index (χ0) is 14.0. The second-order valence-electron chi connectivity index (χ2n) is 4.38. The number of anilines is 1. The van der Waals surface area contributed by atoms with Crippen LogP contribution >= 0.6 is 34.2 Å². The van der Waals surface area contributed by atoms with Crippen LogP contribution in [0.4, 0.5) is 5.69 Å². The van der Waals surface area contributed by atoms with Crippen molar-refractivity contribution in [1.82, 2.24) is 0 Å². The first-order chi connectivity index (χ1) is 8.97. The van der Waals surface area contributed by atoms with E-state index in [0.29, 0.717) is 10.6 Å². The van der Waals surface area contributed by atoms with Crippen molar-refractivity contribution in [2.75, 3.05) is 5.32 Å². The van der Waals surface area contributed by atoms with E-state index < -0.39 is 0 Å². The molecule has 1 amide bonds. The molecule has 1 N–H and O–H groups in total. The number of rotatable bonds is 2. The number of benzene rings is 2. The van der Waals surface area contributed by atoms with Gasteiger partial charge in [-0.25, -0.2) is 0 Å². The van der Waals surface area contributed by atoms with E-state index in [-0.39, 0.29) is 5.91 Å². The molecule has 0 unspecified atom stereocenters. The molecule has 2 nitrogen and oxygen atoms in total. The summed E-state index contributed by atoms with van der Waals surface area (Å²) in [6.45, 7) is 3.90. The molecule has 19 heavy (non-hydrogen) atoms. The molecule has 0 bridgehead atoms. The first kappa shape index (κ1) is 14.3. The maximum atomic E-state index is 12.2. The maximum Gasteiger partial charge on any atom is 0.255 e. The van der Waals surface area contributed by atoms with Gasteiger partial charge < -0.3 is 5.32 Å². The van der Waals surface area contributed by atoms with Gasteiger partial charge in [-0.1, -0.05) is 17.7 Å². The van der Waals surface area contributed by atoms with Gasteiger partial charge in [0.05, 0.1) is 0 Å². The number of halogens is 2. The highest BCUT2D eigenvalue weighted by Crippen LogP contribution is 2.22. The molecule has 0 spiro atoms. The Kier molecular flexibility index (Phi) is 4.47. The van der Waals surface area contributed by atoms with Gasteiger partial charge in [-0.05, 0) is 77.9 Å². The lowest BCUT2D eigenvalue weighted by atomic mass is 10.1. The van der Waals surface area contributed by atoms with Crippen molar-refractivity contribution >= 4 is 45.8 Å². The van der Waals surface area contributed by atoms with Crippen LogP contribution in [0.3, 0.4) is 0 Å². The SMILES string of the molecule is Cc1cc(Cl)cc(C(=O)Nc2cccc(I)c2C)c1. The van der Waals surface area contributed by atoms with Crippen molar-refractivity contribution in [1.29, 1.82) is 0 Å². The van der Waals surface area contributed by atoms with Crippen LogP contribution in [0.25, 0.3) is 0 Å². The van der Waals surface area contributed by atoms with Crippen molar-refractivity contribution in [2.45, 2.75) is 13.8 Å². The van der Waals surface area contributed by atoms with E-state index in [2.05, 4.69) is 27.9 Å². The Balaban J connectivity index is 2.28. The molecule has 0 saturated carbocycles. The number of nitrogens with one attached hydrogen (secondary N) is 1. The Labute approximate surface area is 131 Å². The molecule has 0 aliphatic carbocycles. The van der Waals surface area contributed by atoms with Crippen molar-refractivity contribution in [3.05, 3.63) is 61.7 Å². The molecule has 0 heterocycles. The van der Waals surface area contributed by atoms with E-state index in [1.807, 2.05) is 44.2 Å². The highest BCUT2D eigenvalue weighted by molar-refractivity contribution is 14.1. The molecule has 2 aromatic rings. The molecule has 0 radical (unpaired) electrons.